The summed E-state index contributed by atoms with van der Waals surface area (Å²) in [6, 6.07) is 16.5. The van der Waals surface area contributed by atoms with Crippen LogP contribution in [0.4, 0.5) is 11.4 Å². The van der Waals surface area contributed by atoms with Crippen molar-refractivity contribution in [2.24, 2.45) is 0 Å². The summed E-state index contributed by atoms with van der Waals surface area (Å²) in [6.07, 6.45) is 11.4. The van der Waals surface area contributed by atoms with Gasteiger partial charge >= 0.3 is 0 Å². The molecule has 0 bridgehead atoms. The predicted octanol–water partition coefficient (Wildman–Crippen LogP) is 5.13. The normalized spacial score (nSPS) is 21.0. The number of carbonyl (C=O) groups excluding carboxylic acids is 1. The largest absolute Gasteiger partial charge is 0.351 e. The molecule has 2 fully saturated rings. The minimum atomic E-state index is -0.0857. The Bertz CT molecular complexity index is 1100. The molecule has 1 aromatic carbocycles. The molecule has 164 valence electrons. The van der Waals surface area contributed by atoms with Gasteiger partial charge in [0.1, 0.15) is 0 Å². The molecular weight excluding hydrogens is 418 g/mol. The van der Waals surface area contributed by atoms with Crippen molar-refractivity contribution in [1.29, 1.82) is 0 Å². The van der Waals surface area contributed by atoms with E-state index in [1.807, 2.05) is 48.7 Å². The molecule has 3 aromatic rings. The third-order valence-corrected chi connectivity index (χ3v) is 6.70. The molecule has 1 amide bonds. The highest BCUT2D eigenvalue weighted by Gasteiger charge is 2.41. The molecule has 0 spiro atoms. The second-order valence-corrected chi connectivity index (χ2v) is 8.94. The lowest BCUT2D eigenvalue weighted by Crippen LogP contribution is -2.29. The molecule has 2 N–H and O–H groups in total. The number of hydrogen-bond acceptors (Lipinski definition) is 3. The van der Waals surface area contributed by atoms with E-state index < -0.39 is 0 Å². The van der Waals surface area contributed by atoms with Crippen molar-refractivity contribution in [3.8, 4) is 0 Å². The summed E-state index contributed by atoms with van der Waals surface area (Å²) in [6.45, 7) is 1.51. The topological polar surface area (TPSA) is 62.2 Å². The number of anilines is 2. The molecule has 2 unspecified atom stereocenters. The summed E-state index contributed by atoms with van der Waals surface area (Å²) in [5, 5.41) is 7.01. The van der Waals surface area contributed by atoms with Crippen LogP contribution in [0.2, 0.25) is 0 Å². The van der Waals surface area contributed by atoms with Gasteiger partial charge in [-0.1, -0.05) is 18.9 Å². The summed E-state index contributed by atoms with van der Waals surface area (Å²) >= 11 is 5.80. The molecule has 2 aliphatic rings. The monoisotopic (exact) mass is 445 g/mol. The molecule has 32 heavy (non-hydrogen) atoms. The molecule has 5 rings (SSSR count). The Labute approximate surface area is 193 Å². The maximum absolute atomic E-state index is 11.4. The van der Waals surface area contributed by atoms with E-state index in [9.17, 15) is 4.79 Å². The van der Waals surface area contributed by atoms with Crippen LogP contribution in [0.25, 0.3) is 0 Å². The maximum atomic E-state index is 11.4. The van der Waals surface area contributed by atoms with Crippen molar-refractivity contribution in [3.63, 3.8) is 0 Å². The molecule has 6 nitrogen and oxygen atoms in total. The molecule has 7 heteroatoms. The lowest BCUT2D eigenvalue weighted by atomic mass is 9.98. The predicted molar refractivity (Wildman–Crippen MR) is 131 cm³/mol. The van der Waals surface area contributed by atoms with Gasteiger partial charge in [0, 0.05) is 42.9 Å². The maximum Gasteiger partial charge on any atom is 0.221 e. The van der Waals surface area contributed by atoms with Crippen LogP contribution in [0.3, 0.4) is 0 Å². The minimum absolute atomic E-state index is 0.0216. The van der Waals surface area contributed by atoms with E-state index in [4.69, 9.17) is 12.2 Å². The Morgan fingerprint density at radius 2 is 1.91 bits per heavy atom. The van der Waals surface area contributed by atoms with Crippen LogP contribution in [-0.4, -0.2) is 20.6 Å². The number of rotatable bonds is 5. The zero-order valence-corrected chi connectivity index (χ0v) is 18.9. The van der Waals surface area contributed by atoms with E-state index in [0.717, 1.165) is 17.1 Å². The van der Waals surface area contributed by atoms with Crippen LogP contribution in [0.15, 0.2) is 67.1 Å². The quantitative estimate of drug-likeness (QED) is 0.533. The molecule has 3 heterocycles. The first kappa shape index (κ1) is 20.7. The number of benzene rings is 1. The zero-order chi connectivity index (χ0) is 22.1. The van der Waals surface area contributed by atoms with Crippen molar-refractivity contribution in [3.05, 3.63) is 78.4 Å². The van der Waals surface area contributed by atoms with E-state index in [0.29, 0.717) is 11.2 Å². The molecule has 1 aliphatic carbocycles. The van der Waals surface area contributed by atoms with Crippen LogP contribution in [0.1, 0.15) is 62.0 Å². The van der Waals surface area contributed by atoms with E-state index in [1.54, 1.807) is 0 Å². The SMILES string of the molecule is CC(=O)Nc1ccc(N2C(=S)NC(c3ccccn3)C2c2ccn(C3CCCC3)c2)cc1. The van der Waals surface area contributed by atoms with Gasteiger partial charge in [0.15, 0.2) is 5.11 Å². The van der Waals surface area contributed by atoms with Crippen LogP contribution < -0.4 is 15.5 Å². The van der Waals surface area contributed by atoms with Gasteiger partial charge in [0.05, 0.1) is 17.8 Å². The van der Waals surface area contributed by atoms with E-state index in [-0.39, 0.29) is 18.0 Å². The van der Waals surface area contributed by atoms with Crippen molar-refractivity contribution in [2.75, 3.05) is 10.2 Å². The van der Waals surface area contributed by atoms with Crippen molar-refractivity contribution < 1.29 is 4.79 Å². The van der Waals surface area contributed by atoms with Crippen molar-refractivity contribution in [1.82, 2.24) is 14.9 Å². The number of nitrogens with one attached hydrogen (secondary N) is 2. The number of pyridine rings is 1. The number of thiocarbonyl (C=S) groups is 1. The minimum Gasteiger partial charge on any atom is -0.351 e. The summed E-state index contributed by atoms with van der Waals surface area (Å²) < 4.78 is 2.37. The Kier molecular flexibility index (Phi) is 5.66. The first-order valence-corrected chi connectivity index (χ1v) is 11.6. The lowest BCUT2D eigenvalue weighted by Gasteiger charge is -2.27. The van der Waals surface area contributed by atoms with Crippen LogP contribution in [0, 0.1) is 0 Å². The summed E-state index contributed by atoms with van der Waals surface area (Å²) in [4.78, 5) is 18.2. The van der Waals surface area contributed by atoms with Gasteiger partial charge in [-0.3, -0.25) is 9.78 Å². The van der Waals surface area contributed by atoms with Crippen LogP contribution >= 0.6 is 12.2 Å². The molecule has 2 aromatic heterocycles. The third-order valence-electron chi connectivity index (χ3n) is 6.39. The van der Waals surface area contributed by atoms with Crippen molar-refractivity contribution >= 4 is 34.6 Å². The highest BCUT2D eigenvalue weighted by atomic mass is 32.1. The van der Waals surface area contributed by atoms with Crippen LogP contribution in [0.5, 0.6) is 0 Å². The fourth-order valence-electron chi connectivity index (χ4n) is 4.92. The van der Waals surface area contributed by atoms with Gasteiger partial charge in [0.2, 0.25) is 5.91 Å². The molecule has 0 radical (unpaired) electrons. The number of aromatic nitrogens is 2. The van der Waals surface area contributed by atoms with Gasteiger partial charge in [-0.2, -0.15) is 0 Å². The van der Waals surface area contributed by atoms with Gasteiger partial charge in [-0.05, 0) is 73.1 Å². The number of nitrogens with zero attached hydrogens (tertiary/aromatic N) is 3. The molecule has 1 aliphatic heterocycles. The standard InChI is InChI=1S/C25H27N5OS/c1-17(31)27-19-9-11-21(12-10-19)30-24(18-13-15-29(16-18)20-6-2-3-7-20)23(28-25(30)32)22-8-4-5-14-26-22/h4-5,8-16,20,23-24H,2-3,6-7H2,1H3,(H,27,31)(H,28,32). The second-order valence-electron chi connectivity index (χ2n) is 8.55. The number of hydrogen-bond donors (Lipinski definition) is 2. The van der Waals surface area contributed by atoms with Gasteiger partial charge in [-0.15, -0.1) is 0 Å². The molecular formula is C25H27N5OS. The van der Waals surface area contributed by atoms with Crippen LogP contribution in [-0.2, 0) is 4.79 Å². The molecule has 1 saturated heterocycles. The number of amides is 1. The zero-order valence-electron chi connectivity index (χ0n) is 18.1. The average molecular weight is 446 g/mol. The van der Waals surface area contributed by atoms with E-state index >= 15 is 0 Å². The fourth-order valence-corrected chi connectivity index (χ4v) is 5.26. The second kappa shape index (κ2) is 8.74. The third kappa shape index (κ3) is 4.00. The summed E-state index contributed by atoms with van der Waals surface area (Å²) in [5.74, 6) is -0.0857. The summed E-state index contributed by atoms with van der Waals surface area (Å²) in [7, 11) is 0. The first-order valence-electron chi connectivity index (χ1n) is 11.2. The van der Waals surface area contributed by atoms with Crippen molar-refractivity contribution in [2.45, 2.75) is 50.7 Å². The van der Waals surface area contributed by atoms with E-state index in [1.165, 1.54) is 38.2 Å². The molecule has 1 saturated carbocycles. The smallest absolute Gasteiger partial charge is 0.221 e. The summed E-state index contributed by atoms with van der Waals surface area (Å²) in [5.41, 5.74) is 3.93. The van der Waals surface area contributed by atoms with Gasteiger partial charge in [-0.25, -0.2) is 0 Å². The Balaban J connectivity index is 1.52. The Morgan fingerprint density at radius 3 is 2.59 bits per heavy atom. The van der Waals surface area contributed by atoms with Gasteiger partial charge in [0.25, 0.3) is 0 Å². The highest BCUT2D eigenvalue weighted by Crippen LogP contribution is 2.42. The Morgan fingerprint density at radius 1 is 1.12 bits per heavy atom. The Hall–Kier alpha value is -3.19. The number of carbonyl (C=O) groups is 1. The fraction of sp³-hybridized carbons (Fsp3) is 0.320. The highest BCUT2D eigenvalue weighted by molar-refractivity contribution is 7.80. The van der Waals surface area contributed by atoms with Gasteiger partial charge < -0.3 is 20.1 Å². The molecule has 2 atom stereocenters. The first-order chi connectivity index (χ1) is 15.6. The van der Waals surface area contributed by atoms with E-state index in [2.05, 4.69) is 43.5 Å². The average Bonchev–Trinajstić information content (AvgIpc) is 3.54. The lowest BCUT2D eigenvalue weighted by molar-refractivity contribution is -0.114.